The molecule has 0 saturated carbocycles. The lowest BCUT2D eigenvalue weighted by Crippen LogP contribution is -2.34. The predicted molar refractivity (Wildman–Crippen MR) is 63.1 cm³/mol. The smallest absolute Gasteiger partial charge is 0.417 e. The highest BCUT2D eigenvalue weighted by atomic mass is 19.4. The molecular formula is C12H16F3NO3. The zero-order chi connectivity index (χ0) is 14.5. The first kappa shape index (κ1) is 15.6. The molecule has 0 aliphatic carbocycles. The average molecular weight is 279 g/mol. The number of rotatable bonds is 6. The molecule has 1 rings (SSSR count). The van der Waals surface area contributed by atoms with Gasteiger partial charge in [-0.1, -0.05) is 12.1 Å². The van der Waals surface area contributed by atoms with E-state index in [0.29, 0.717) is 17.9 Å². The maximum atomic E-state index is 12.2. The summed E-state index contributed by atoms with van der Waals surface area (Å²) in [5.41, 5.74) is 6.00. The maximum absolute atomic E-state index is 12.2. The van der Waals surface area contributed by atoms with Gasteiger partial charge in [0.1, 0.15) is 6.61 Å². The molecule has 0 bridgehead atoms. The highest BCUT2D eigenvalue weighted by Gasteiger charge is 2.39. The number of hydrogen-bond acceptors (Lipinski definition) is 4. The Morgan fingerprint density at radius 3 is 2.53 bits per heavy atom. The minimum absolute atomic E-state index is 0.0956. The number of ether oxygens (including phenoxy) is 2. The lowest BCUT2D eigenvalue weighted by molar-refractivity contribution is -0.210. The lowest BCUT2D eigenvalue weighted by Gasteiger charge is -2.18. The summed E-state index contributed by atoms with van der Waals surface area (Å²) in [5, 5.41) is 8.91. The first-order valence-corrected chi connectivity index (χ1v) is 5.72. The van der Waals surface area contributed by atoms with Gasteiger partial charge < -0.3 is 20.3 Å². The Morgan fingerprint density at radius 2 is 2.00 bits per heavy atom. The molecule has 1 atom stereocenters. The topological polar surface area (TPSA) is 64.7 Å². The molecule has 0 saturated heterocycles. The molecule has 0 heterocycles. The van der Waals surface area contributed by atoms with Crippen molar-refractivity contribution in [2.24, 2.45) is 5.73 Å². The molecule has 0 aliphatic heterocycles. The van der Waals surface area contributed by atoms with Crippen LogP contribution >= 0.6 is 0 Å². The molecule has 4 nitrogen and oxygen atoms in total. The van der Waals surface area contributed by atoms with Gasteiger partial charge in [-0.25, -0.2) is 0 Å². The number of hydrogen-bond donors (Lipinski definition) is 2. The Balaban J connectivity index is 2.86. The van der Waals surface area contributed by atoms with Crippen LogP contribution in [-0.4, -0.2) is 30.6 Å². The molecule has 19 heavy (non-hydrogen) atoms. The van der Waals surface area contributed by atoms with Crippen LogP contribution in [0.2, 0.25) is 0 Å². The fraction of sp³-hybridized carbons (Fsp3) is 0.500. The van der Waals surface area contributed by atoms with Gasteiger partial charge in [0.25, 0.3) is 0 Å². The number of halogens is 3. The zero-order valence-corrected chi connectivity index (χ0v) is 10.4. The summed E-state index contributed by atoms with van der Waals surface area (Å²) >= 11 is 0. The average Bonchev–Trinajstić information content (AvgIpc) is 2.35. The van der Waals surface area contributed by atoms with Crippen molar-refractivity contribution in [3.8, 4) is 11.5 Å². The van der Waals surface area contributed by atoms with Gasteiger partial charge in [0.05, 0.1) is 6.61 Å². The summed E-state index contributed by atoms with van der Waals surface area (Å²) in [6.07, 6.45) is -7.27. The van der Waals surface area contributed by atoms with E-state index in [1.807, 2.05) is 0 Å². The van der Waals surface area contributed by atoms with E-state index in [0.717, 1.165) is 0 Å². The highest BCUT2D eigenvalue weighted by Crippen LogP contribution is 2.32. The first-order valence-electron chi connectivity index (χ1n) is 5.72. The van der Waals surface area contributed by atoms with Crippen LogP contribution in [0.4, 0.5) is 13.2 Å². The number of nitrogens with two attached hydrogens (primary N) is 1. The second kappa shape index (κ2) is 6.63. The number of alkyl halides is 3. The number of aliphatic hydroxyl groups excluding tert-OH is 1. The van der Waals surface area contributed by atoms with Crippen molar-refractivity contribution >= 4 is 0 Å². The van der Waals surface area contributed by atoms with Crippen LogP contribution in [0.5, 0.6) is 11.5 Å². The molecule has 1 aromatic carbocycles. The molecule has 1 unspecified atom stereocenters. The Labute approximate surface area is 108 Å². The van der Waals surface area contributed by atoms with Crippen LogP contribution in [-0.2, 0) is 6.54 Å². The third kappa shape index (κ3) is 4.29. The molecule has 1 aromatic rings. The predicted octanol–water partition coefficient (Wildman–Crippen LogP) is 1.85. The van der Waals surface area contributed by atoms with Gasteiger partial charge in [-0.3, -0.25) is 0 Å². The second-order valence-corrected chi connectivity index (χ2v) is 3.75. The highest BCUT2D eigenvalue weighted by molar-refractivity contribution is 5.46. The van der Waals surface area contributed by atoms with Gasteiger partial charge in [0.15, 0.2) is 17.6 Å². The van der Waals surface area contributed by atoms with Gasteiger partial charge in [0.2, 0.25) is 0 Å². The van der Waals surface area contributed by atoms with Crippen molar-refractivity contribution in [2.45, 2.75) is 25.7 Å². The van der Waals surface area contributed by atoms with Gasteiger partial charge in [-0.05, 0) is 13.0 Å². The van der Waals surface area contributed by atoms with Crippen molar-refractivity contribution < 1.29 is 27.8 Å². The van der Waals surface area contributed by atoms with Crippen LogP contribution in [0, 0.1) is 0 Å². The van der Waals surface area contributed by atoms with Crippen molar-refractivity contribution in [1.82, 2.24) is 0 Å². The van der Waals surface area contributed by atoms with Crippen LogP contribution in [0.25, 0.3) is 0 Å². The Bertz CT molecular complexity index is 410. The van der Waals surface area contributed by atoms with E-state index < -0.39 is 18.9 Å². The van der Waals surface area contributed by atoms with Crippen LogP contribution < -0.4 is 15.2 Å². The van der Waals surface area contributed by atoms with Gasteiger partial charge in [-0.15, -0.1) is 0 Å². The standard InChI is InChI=1S/C12H16F3NO3/c1-2-18-9-5-3-4-8(6-16)11(9)19-7-10(17)12(13,14)15/h3-5,10,17H,2,6-7,16H2,1H3. The summed E-state index contributed by atoms with van der Waals surface area (Å²) in [5.74, 6) is 0.440. The Kier molecular flexibility index (Phi) is 5.44. The summed E-state index contributed by atoms with van der Waals surface area (Å²) in [4.78, 5) is 0. The molecule has 0 amide bonds. The molecule has 0 radical (unpaired) electrons. The van der Waals surface area contributed by atoms with Crippen molar-refractivity contribution in [3.63, 3.8) is 0 Å². The third-order valence-corrected chi connectivity index (χ3v) is 2.34. The van der Waals surface area contributed by atoms with Crippen molar-refractivity contribution in [2.75, 3.05) is 13.2 Å². The molecule has 0 fully saturated rings. The zero-order valence-electron chi connectivity index (χ0n) is 10.4. The quantitative estimate of drug-likeness (QED) is 0.834. The van der Waals surface area contributed by atoms with Crippen molar-refractivity contribution in [3.05, 3.63) is 23.8 Å². The molecule has 7 heteroatoms. The lowest BCUT2D eigenvalue weighted by atomic mass is 10.2. The normalized spacial score (nSPS) is 13.2. The summed E-state index contributed by atoms with van der Waals surface area (Å²) in [6.45, 7) is 1.27. The Hall–Kier alpha value is -1.47. The largest absolute Gasteiger partial charge is 0.490 e. The molecule has 3 N–H and O–H groups in total. The number of benzene rings is 1. The Morgan fingerprint density at radius 1 is 1.32 bits per heavy atom. The van der Waals surface area contributed by atoms with E-state index in [2.05, 4.69) is 0 Å². The monoisotopic (exact) mass is 279 g/mol. The van der Waals surface area contributed by atoms with Gasteiger partial charge in [-0.2, -0.15) is 13.2 Å². The van der Waals surface area contributed by atoms with Gasteiger partial charge >= 0.3 is 6.18 Å². The molecule has 108 valence electrons. The van der Waals surface area contributed by atoms with E-state index in [9.17, 15) is 13.2 Å². The number of para-hydroxylation sites is 1. The summed E-state index contributed by atoms with van der Waals surface area (Å²) in [7, 11) is 0. The number of aliphatic hydroxyl groups is 1. The fourth-order valence-electron chi connectivity index (χ4n) is 1.41. The summed E-state index contributed by atoms with van der Waals surface area (Å²) in [6, 6.07) is 4.86. The minimum Gasteiger partial charge on any atom is -0.490 e. The van der Waals surface area contributed by atoms with E-state index in [-0.39, 0.29) is 12.3 Å². The van der Waals surface area contributed by atoms with Crippen LogP contribution in [0.3, 0.4) is 0 Å². The van der Waals surface area contributed by atoms with E-state index in [1.54, 1.807) is 25.1 Å². The van der Waals surface area contributed by atoms with E-state index >= 15 is 0 Å². The molecule has 0 aromatic heterocycles. The maximum Gasteiger partial charge on any atom is 0.417 e. The minimum atomic E-state index is -4.72. The van der Waals surface area contributed by atoms with Gasteiger partial charge in [0, 0.05) is 12.1 Å². The summed E-state index contributed by atoms with van der Waals surface area (Å²) < 4.78 is 46.9. The van der Waals surface area contributed by atoms with Crippen LogP contribution in [0.1, 0.15) is 12.5 Å². The van der Waals surface area contributed by atoms with E-state index in [1.165, 1.54) is 0 Å². The van der Waals surface area contributed by atoms with E-state index in [4.69, 9.17) is 20.3 Å². The fourth-order valence-corrected chi connectivity index (χ4v) is 1.41. The first-order chi connectivity index (χ1) is 8.90. The van der Waals surface area contributed by atoms with Crippen molar-refractivity contribution in [1.29, 1.82) is 0 Å². The third-order valence-electron chi connectivity index (χ3n) is 2.34. The SMILES string of the molecule is CCOc1cccc(CN)c1OCC(O)C(F)(F)F. The molecule has 0 spiro atoms. The molecule has 0 aliphatic rings. The second-order valence-electron chi connectivity index (χ2n) is 3.75. The molecular weight excluding hydrogens is 263 g/mol. The van der Waals surface area contributed by atoms with Crippen LogP contribution in [0.15, 0.2) is 18.2 Å².